The molecule has 0 spiro atoms. The second-order valence-electron chi connectivity index (χ2n) is 6.97. The number of carbonyl (C=O) groups excluding carboxylic acids is 1. The van der Waals surface area contributed by atoms with Crippen molar-refractivity contribution < 1.29 is 22.7 Å². The average molecular weight is 441 g/mol. The molecule has 0 atom stereocenters. The van der Waals surface area contributed by atoms with E-state index in [0.717, 1.165) is 11.1 Å². The molecule has 0 aliphatic carbocycles. The van der Waals surface area contributed by atoms with E-state index in [0.29, 0.717) is 22.7 Å². The summed E-state index contributed by atoms with van der Waals surface area (Å²) in [7, 11) is -0.936. The second-order valence-corrected chi connectivity index (χ2v) is 8.65. The Morgan fingerprint density at radius 3 is 2.19 bits per heavy atom. The number of ether oxygens (including phenoxy) is 2. The lowest BCUT2D eigenvalue weighted by molar-refractivity contribution is 0.102. The monoisotopic (exact) mass is 440 g/mol. The Kier molecular flexibility index (Phi) is 6.50. The number of amides is 1. The largest absolute Gasteiger partial charge is 0.497 e. The van der Waals surface area contributed by atoms with Gasteiger partial charge in [-0.3, -0.25) is 9.52 Å². The highest BCUT2D eigenvalue weighted by Gasteiger charge is 2.18. The van der Waals surface area contributed by atoms with Crippen molar-refractivity contribution in [1.29, 1.82) is 0 Å². The Labute approximate surface area is 182 Å². The van der Waals surface area contributed by atoms with Crippen LogP contribution in [0.5, 0.6) is 11.5 Å². The first-order valence-corrected chi connectivity index (χ1v) is 11.0. The molecule has 0 aromatic heterocycles. The van der Waals surface area contributed by atoms with E-state index in [1.165, 1.54) is 32.4 Å². The fourth-order valence-corrected chi connectivity index (χ4v) is 4.14. The van der Waals surface area contributed by atoms with Gasteiger partial charge in [0.25, 0.3) is 15.9 Å². The van der Waals surface area contributed by atoms with E-state index in [-0.39, 0.29) is 16.5 Å². The first-order chi connectivity index (χ1) is 14.7. The molecule has 8 heteroatoms. The Morgan fingerprint density at radius 2 is 1.58 bits per heavy atom. The Hall–Kier alpha value is -3.52. The fourth-order valence-electron chi connectivity index (χ4n) is 3.08. The number of nitrogens with one attached hydrogen (secondary N) is 2. The molecule has 3 rings (SSSR count). The lowest BCUT2D eigenvalue weighted by Gasteiger charge is -2.13. The third-order valence-electron chi connectivity index (χ3n) is 4.70. The van der Waals surface area contributed by atoms with E-state index in [1.54, 1.807) is 30.3 Å². The van der Waals surface area contributed by atoms with Gasteiger partial charge in [0.1, 0.15) is 11.5 Å². The molecule has 0 unspecified atom stereocenters. The van der Waals surface area contributed by atoms with Crippen LogP contribution in [0.3, 0.4) is 0 Å². The van der Waals surface area contributed by atoms with Crippen molar-refractivity contribution in [2.75, 3.05) is 24.3 Å². The molecule has 0 radical (unpaired) electrons. The molecular weight excluding hydrogens is 416 g/mol. The predicted octanol–water partition coefficient (Wildman–Crippen LogP) is 4.37. The summed E-state index contributed by atoms with van der Waals surface area (Å²) in [6.45, 7) is 3.83. The predicted molar refractivity (Wildman–Crippen MR) is 121 cm³/mol. The van der Waals surface area contributed by atoms with Crippen LogP contribution in [0, 0.1) is 13.8 Å². The number of sulfonamides is 1. The van der Waals surface area contributed by atoms with Crippen molar-refractivity contribution in [3.8, 4) is 11.5 Å². The van der Waals surface area contributed by atoms with Gasteiger partial charge in [0.15, 0.2) is 0 Å². The highest BCUT2D eigenvalue weighted by molar-refractivity contribution is 7.92. The zero-order chi connectivity index (χ0) is 22.6. The fraction of sp³-hybridized carbons (Fsp3) is 0.174. The molecule has 0 saturated heterocycles. The Bertz CT molecular complexity index is 1210. The molecule has 3 aromatic rings. The molecule has 1 amide bonds. The summed E-state index contributed by atoms with van der Waals surface area (Å²) in [6, 6.07) is 16.3. The summed E-state index contributed by atoms with van der Waals surface area (Å²) in [5.74, 6) is 0.594. The maximum atomic E-state index is 12.8. The number of hydrogen-bond acceptors (Lipinski definition) is 5. The van der Waals surface area contributed by atoms with Gasteiger partial charge in [-0.2, -0.15) is 0 Å². The van der Waals surface area contributed by atoms with Crippen molar-refractivity contribution in [3.05, 3.63) is 77.4 Å². The molecule has 0 saturated carbocycles. The third-order valence-corrected chi connectivity index (χ3v) is 6.08. The molecule has 0 bridgehead atoms. The highest BCUT2D eigenvalue weighted by Crippen LogP contribution is 2.31. The normalized spacial score (nSPS) is 11.0. The maximum Gasteiger partial charge on any atom is 0.262 e. The van der Waals surface area contributed by atoms with Crippen LogP contribution < -0.4 is 19.5 Å². The third kappa shape index (κ3) is 5.16. The van der Waals surface area contributed by atoms with Crippen molar-refractivity contribution in [1.82, 2.24) is 0 Å². The zero-order valence-electron chi connectivity index (χ0n) is 17.7. The first kappa shape index (κ1) is 22.2. The number of carbonyl (C=O) groups is 1. The molecule has 2 N–H and O–H groups in total. The smallest absolute Gasteiger partial charge is 0.262 e. The van der Waals surface area contributed by atoms with Crippen molar-refractivity contribution in [2.45, 2.75) is 18.7 Å². The number of methoxy groups -OCH3 is 2. The molecular formula is C23H24N2O5S. The van der Waals surface area contributed by atoms with Crippen LogP contribution in [-0.2, 0) is 10.0 Å². The van der Waals surface area contributed by atoms with Gasteiger partial charge < -0.3 is 14.8 Å². The van der Waals surface area contributed by atoms with Gasteiger partial charge >= 0.3 is 0 Å². The van der Waals surface area contributed by atoms with Gasteiger partial charge in [-0.1, -0.05) is 17.7 Å². The van der Waals surface area contributed by atoms with E-state index in [9.17, 15) is 13.2 Å². The van der Waals surface area contributed by atoms with Crippen LogP contribution >= 0.6 is 0 Å². The standard InChI is InChI=1S/C23H24N2O5S/c1-15-5-11-20(16(2)13-15)23(26)24-17-6-9-19(10-7-17)31(27,28)25-21-14-18(29-3)8-12-22(21)30-4/h5-14,25H,1-4H3,(H,24,26). The van der Waals surface area contributed by atoms with E-state index < -0.39 is 10.0 Å². The van der Waals surface area contributed by atoms with Crippen LogP contribution in [0.15, 0.2) is 65.6 Å². The van der Waals surface area contributed by atoms with Crippen LogP contribution in [-0.4, -0.2) is 28.5 Å². The number of hydrogen-bond donors (Lipinski definition) is 2. The van der Waals surface area contributed by atoms with Crippen LogP contribution in [0.25, 0.3) is 0 Å². The summed E-state index contributed by atoms with van der Waals surface area (Å²) in [5, 5.41) is 2.79. The highest BCUT2D eigenvalue weighted by atomic mass is 32.2. The Balaban J connectivity index is 1.78. The lowest BCUT2D eigenvalue weighted by Crippen LogP contribution is -2.15. The topological polar surface area (TPSA) is 93.7 Å². The van der Waals surface area contributed by atoms with Gasteiger partial charge in [-0.25, -0.2) is 8.42 Å². The van der Waals surface area contributed by atoms with Crippen LogP contribution in [0.4, 0.5) is 11.4 Å². The molecule has 162 valence electrons. The number of anilines is 2. The summed E-state index contributed by atoms with van der Waals surface area (Å²) in [5.41, 5.74) is 3.25. The zero-order valence-corrected chi connectivity index (χ0v) is 18.5. The maximum absolute atomic E-state index is 12.8. The van der Waals surface area contributed by atoms with Crippen molar-refractivity contribution >= 4 is 27.3 Å². The number of rotatable bonds is 7. The van der Waals surface area contributed by atoms with Crippen LogP contribution in [0.1, 0.15) is 21.5 Å². The SMILES string of the molecule is COc1ccc(OC)c(NS(=O)(=O)c2ccc(NC(=O)c3ccc(C)cc3C)cc2)c1. The minimum Gasteiger partial charge on any atom is -0.497 e. The number of aryl methyl sites for hydroxylation is 2. The van der Waals surface area contributed by atoms with E-state index in [1.807, 2.05) is 26.0 Å². The van der Waals surface area contributed by atoms with E-state index in [4.69, 9.17) is 9.47 Å². The first-order valence-electron chi connectivity index (χ1n) is 9.47. The molecule has 3 aromatic carbocycles. The van der Waals surface area contributed by atoms with Gasteiger partial charge in [0.2, 0.25) is 0 Å². The molecule has 0 aliphatic rings. The van der Waals surface area contributed by atoms with Crippen molar-refractivity contribution in [2.24, 2.45) is 0 Å². The van der Waals surface area contributed by atoms with Gasteiger partial charge in [0.05, 0.1) is 24.8 Å². The molecule has 0 fully saturated rings. The minimum atomic E-state index is -3.88. The summed E-state index contributed by atoms with van der Waals surface area (Å²) in [4.78, 5) is 12.6. The molecule has 0 heterocycles. The van der Waals surface area contributed by atoms with E-state index >= 15 is 0 Å². The summed E-state index contributed by atoms with van der Waals surface area (Å²) >= 11 is 0. The van der Waals surface area contributed by atoms with Gasteiger partial charge in [0, 0.05) is 17.3 Å². The molecule has 31 heavy (non-hydrogen) atoms. The van der Waals surface area contributed by atoms with Gasteiger partial charge in [-0.15, -0.1) is 0 Å². The second kappa shape index (κ2) is 9.09. The van der Waals surface area contributed by atoms with E-state index in [2.05, 4.69) is 10.0 Å². The lowest BCUT2D eigenvalue weighted by atomic mass is 10.1. The summed E-state index contributed by atoms with van der Waals surface area (Å²) < 4.78 is 38.5. The molecule has 7 nitrogen and oxygen atoms in total. The van der Waals surface area contributed by atoms with Gasteiger partial charge in [-0.05, 0) is 61.9 Å². The quantitative estimate of drug-likeness (QED) is 0.569. The summed E-state index contributed by atoms with van der Waals surface area (Å²) in [6.07, 6.45) is 0. The Morgan fingerprint density at radius 1 is 0.871 bits per heavy atom. The van der Waals surface area contributed by atoms with Crippen molar-refractivity contribution in [3.63, 3.8) is 0 Å². The van der Waals surface area contributed by atoms with Crippen LogP contribution in [0.2, 0.25) is 0 Å². The molecule has 0 aliphatic heterocycles. The number of benzene rings is 3. The average Bonchev–Trinajstić information content (AvgIpc) is 2.73. The minimum absolute atomic E-state index is 0.0434.